The number of hydrogen-bond acceptors (Lipinski definition) is 3. The summed E-state index contributed by atoms with van der Waals surface area (Å²) in [6, 6.07) is 8.19. The molecule has 0 aliphatic heterocycles. The lowest BCUT2D eigenvalue weighted by Gasteiger charge is -2.39. The van der Waals surface area contributed by atoms with E-state index in [0.29, 0.717) is 0 Å². The Bertz CT molecular complexity index is 647. The number of benzene rings is 1. The molecule has 160 valence electrons. The molecule has 5 heteroatoms. The lowest BCUT2D eigenvalue weighted by atomic mass is 9.76. The van der Waals surface area contributed by atoms with Gasteiger partial charge in [-0.2, -0.15) is 0 Å². The van der Waals surface area contributed by atoms with Gasteiger partial charge in [0.15, 0.2) is 8.32 Å². The van der Waals surface area contributed by atoms with Crippen LogP contribution in [0.5, 0.6) is 0 Å². The molecule has 0 fully saturated rings. The van der Waals surface area contributed by atoms with Crippen LogP contribution in [0.4, 0.5) is 0 Å². The van der Waals surface area contributed by atoms with Crippen LogP contribution in [0.1, 0.15) is 66.4 Å². The molecule has 0 amide bonds. The molecular formula is C23H39IO3Si. The van der Waals surface area contributed by atoms with E-state index in [9.17, 15) is 4.79 Å². The standard InChI is InChI=1S/C23H39IO3Si/c1-21(2,3)28(8,9)27-17-22(4,5)15-10-16-23(6,20(25)26-7)18-11-13-19(24)14-12-18/h11-14H,10,15-17H2,1-9H3. The second-order valence-electron chi connectivity index (χ2n) is 10.4. The lowest BCUT2D eigenvalue weighted by molar-refractivity contribution is -0.147. The monoisotopic (exact) mass is 518 g/mol. The number of esters is 1. The smallest absolute Gasteiger partial charge is 0.315 e. The summed E-state index contributed by atoms with van der Waals surface area (Å²) in [6.45, 7) is 18.7. The van der Waals surface area contributed by atoms with Gasteiger partial charge in [0, 0.05) is 10.2 Å². The molecule has 0 radical (unpaired) electrons. The van der Waals surface area contributed by atoms with Gasteiger partial charge in [-0.25, -0.2) is 0 Å². The fraction of sp³-hybridized carbons (Fsp3) is 0.696. The highest BCUT2D eigenvalue weighted by molar-refractivity contribution is 14.1. The van der Waals surface area contributed by atoms with Crippen molar-refractivity contribution in [1.29, 1.82) is 0 Å². The lowest BCUT2D eigenvalue weighted by Crippen LogP contribution is -2.43. The first-order chi connectivity index (χ1) is 12.6. The van der Waals surface area contributed by atoms with Crippen molar-refractivity contribution in [2.75, 3.05) is 13.7 Å². The van der Waals surface area contributed by atoms with Gasteiger partial charge in [0.2, 0.25) is 0 Å². The van der Waals surface area contributed by atoms with E-state index in [2.05, 4.69) is 70.3 Å². The molecule has 1 atom stereocenters. The van der Waals surface area contributed by atoms with Crippen molar-refractivity contribution in [3.8, 4) is 0 Å². The molecule has 0 saturated carbocycles. The normalized spacial score (nSPS) is 15.2. The average Bonchev–Trinajstić information content (AvgIpc) is 2.58. The van der Waals surface area contributed by atoms with Gasteiger partial charge < -0.3 is 9.16 Å². The van der Waals surface area contributed by atoms with E-state index in [1.807, 2.05) is 31.2 Å². The van der Waals surface area contributed by atoms with Crippen molar-refractivity contribution in [3.63, 3.8) is 0 Å². The number of ether oxygens (including phenoxy) is 1. The number of carbonyl (C=O) groups excluding carboxylic acids is 1. The number of halogens is 1. The van der Waals surface area contributed by atoms with Gasteiger partial charge in [0.25, 0.3) is 0 Å². The Morgan fingerprint density at radius 2 is 1.54 bits per heavy atom. The summed E-state index contributed by atoms with van der Waals surface area (Å²) < 4.78 is 12.8. The first-order valence-corrected chi connectivity index (χ1v) is 14.1. The number of rotatable bonds is 9. The van der Waals surface area contributed by atoms with Gasteiger partial charge >= 0.3 is 5.97 Å². The Labute approximate surface area is 187 Å². The third-order valence-corrected chi connectivity index (χ3v) is 11.5. The van der Waals surface area contributed by atoms with Crippen LogP contribution >= 0.6 is 22.6 Å². The summed E-state index contributed by atoms with van der Waals surface area (Å²) in [5, 5.41) is 0.220. The summed E-state index contributed by atoms with van der Waals surface area (Å²) in [5.74, 6) is -0.163. The minimum atomic E-state index is -1.75. The molecule has 0 aliphatic rings. The van der Waals surface area contributed by atoms with Crippen LogP contribution < -0.4 is 0 Å². The highest BCUT2D eigenvalue weighted by atomic mass is 127. The first kappa shape index (κ1) is 25.6. The Morgan fingerprint density at radius 1 is 1.00 bits per heavy atom. The molecule has 0 N–H and O–H groups in total. The molecule has 1 aromatic rings. The average molecular weight is 519 g/mol. The van der Waals surface area contributed by atoms with Crippen molar-refractivity contribution in [2.45, 2.75) is 84.4 Å². The Balaban J connectivity index is 2.78. The zero-order valence-electron chi connectivity index (χ0n) is 19.2. The Hall–Kier alpha value is -0.403. The van der Waals surface area contributed by atoms with E-state index in [1.165, 1.54) is 7.11 Å². The molecule has 1 unspecified atom stereocenters. The van der Waals surface area contributed by atoms with Crippen LogP contribution in [0.3, 0.4) is 0 Å². The maximum absolute atomic E-state index is 12.6. The number of hydrogen-bond donors (Lipinski definition) is 0. The van der Waals surface area contributed by atoms with Crippen molar-refractivity contribution in [2.24, 2.45) is 5.41 Å². The second-order valence-corrected chi connectivity index (χ2v) is 16.5. The largest absolute Gasteiger partial charge is 0.468 e. The van der Waals surface area contributed by atoms with Crippen molar-refractivity contribution in [3.05, 3.63) is 33.4 Å². The van der Waals surface area contributed by atoms with Crippen LogP contribution in [-0.4, -0.2) is 28.0 Å². The molecule has 0 bridgehead atoms. The summed E-state index contributed by atoms with van der Waals surface area (Å²) in [5.41, 5.74) is 0.490. The minimum Gasteiger partial charge on any atom is -0.468 e. The zero-order valence-corrected chi connectivity index (χ0v) is 22.4. The third kappa shape index (κ3) is 6.84. The Kier molecular flexibility index (Phi) is 8.79. The van der Waals surface area contributed by atoms with Crippen molar-refractivity contribution >= 4 is 36.9 Å². The van der Waals surface area contributed by atoms with Gasteiger partial charge in [-0.1, -0.05) is 53.2 Å². The highest BCUT2D eigenvalue weighted by Crippen LogP contribution is 2.39. The minimum absolute atomic E-state index is 0.0820. The van der Waals surface area contributed by atoms with E-state index < -0.39 is 13.7 Å². The highest BCUT2D eigenvalue weighted by Gasteiger charge is 2.39. The first-order valence-electron chi connectivity index (χ1n) is 10.1. The van der Waals surface area contributed by atoms with Gasteiger partial charge in [0.1, 0.15) is 0 Å². The van der Waals surface area contributed by atoms with Gasteiger partial charge in [-0.05, 0) is 83.6 Å². The maximum Gasteiger partial charge on any atom is 0.315 e. The van der Waals surface area contributed by atoms with Gasteiger partial charge in [-0.15, -0.1) is 0 Å². The van der Waals surface area contributed by atoms with Crippen molar-refractivity contribution < 1.29 is 14.0 Å². The fourth-order valence-corrected chi connectivity index (χ4v) is 4.54. The predicted molar refractivity (Wildman–Crippen MR) is 129 cm³/mol. The van der Waals surface area contributed by atoms with Gasteiger partial charge in [0.05, 0.1) is 12.5 Å². The summed E-state index contributed by atoms with van der Waals surface area (Å²) in [4.78, 5) is 12.6. The topological polar surface area (TPSA) is 35.5 Å². The number of methoxy groups -OCH3 is 1. The summed E-state index contributed by atoms with van der Waals surface area (Å²) in [6.07, 6.45) is 2.73. The molecule has 3 nitrogen and oxygen atoms in total. The van der Waals surface area contributed by atoms with E-state index >= 15 is 0 Å². The Morgan fingerprint density at radius 3 is 2.00 bits per heavy atom. The molecule has 28 heavy (non-hydrogen) atoms. The predicted octanol–water partition coefficient (Wildman–Crippen LogP) is 6.94. The molecule has 0 heterocycles. The van der Waals surface area contributed by atoms with E-state index in [1.54, 1.807) is 0 Å². The zero-order chi connectivity index (χ0) is 21.8. The summed E-state index contributed by atoms with van der Waals surface area (Å²) in [7, 11) is -0.271. The maximum atomic E-state index is 12.6. The third-order valence-electron chi connectivity index (χ3n) is 6.28. The quantitative estimate of drug-likeness (QED) is 0.202. The molecule has 0 aliphatic carbocycles. The van der Waals surface area contributed by atoms with Crippen LogP contribution in [0, 0.1) is 8.99 Å². The second kappa shape index (κ2) is 9.60. The molecular weight excluding hydrogens is 479 g/mol. The SMILES string of the molecule is COC(=O)C(C)(CCCC(C)(C)CO[Si](C)(C)C(C)(C)C)c1ccc(I)cc1. The fourth-order valence-electron chi connectivity index (χ4n) is 2.99. The van der Waals surface area contributed by atoms with E-state index in [0.717, 1.165) is 35.0 Å². The molecule has 1 aromatic carbocycles. The molecule has 1 rings (SSSR count). The van der Waals surface area contributed by atoms with E-state index in [-0.39, 0.29) is 16.4 Å². The van der Waals surface area contributed by atoms with E-state index in [4.69, 9.17) is 9.16 Å². The van der Waals surface area contributed by atoms with Crippen LogP contribution in [-0.2, 0) is 19.4 Å². The van der Waals surface area contributed by atoms with Crippen molar-refractivity contribution in [1.82, 2.24) is 0 Å². The molecule has 0 aromatic heterocycles. The number of carbonyl (C=O) groups is 1. The van der Waals surface area contributed by atoms with Crippen LogP contribution in [0.15, 0.2) is 24.3 Å². The summed E-state index contributed by atoms with van der Waals surface area (Å²) >= 11 is 2.28. The van der Waals surface area contributed by atoms with Crippen LogP contribution in [0.25, 0.3) is 0 Å². The van der Waals surface area contributed by atoms with Crippen LogP contribution in [0.2, 0.25) is 18.1 Å². The molecule has 0 spiro atoms. The van der Waals surface area contributed by atoms with Gasteiger partial charge in [-0.3, -0.25) is 4.79 Å². The molecule has 0 saturated heterocycles.